The van der Waals surface area contributed by atoms with Crippen molar-refractivity contribution >= 4 is 11.6 Å². The SMILES string of the molecule is C[C@@H]1C[C@H](N)C[C@H](c2ccncc2NC(=O)c2ccc(F)c(-c3c(F)cc(OC4CCCOC4)cc3F)n2)C1. The molecule has 4 atom stereocenters. The number of carbonyl (C=O) groups excluding carboxylic acids is 1. The van der Waals surface area contributed by atoms with Gasteiger partial charge in [0.1, 0.15) is 40.7 Å². The van der Waals surface area contributed by atoms with Crippen molar-refractivity contribution < 1.29 is 27.4 Å². The van der Waals surface area contributed by atoms with Gasteiger partial charge in [-0.05, 0) is 67.7 Å². The molecule has 0 radical (unpaired) electrons. The summed E-state index contributed by atoms with van der Waals surface area (Å²) in [6.07, 6.45) is 7.00. The van der Waals surface area contributed by atoms with Crippen molar-refractivity contribution in [2.45, 2.75) is 57.1 Å². The molecule has 3 N–H and O–H groups in total. The predicted octanol–water partition coefficient (Wildman–Crippen LogP) is 5.60. The highest BCUT2D eigenvalue weighted by Gasteiger charge is 2.28. The fourth-order valence-electron chi connectivity index (χ4n) is 5.55. The molecule has 0 spiro atoms. The number of benzene rings is 1. The summed E-state index contributed by atoms with van der Waals surface area (Å²) in [4.78, 5) is 21.3. The van der Waals surface area contributed by atoms with Crippen LogP contribution in [0.3, 0.4) is 0 Å². The summed E-state index contributed by atoms with van der Waals surface area (Å²) in [5, 5.41) is 2.79. The molecule has 1 aliphatic carbocycles. The Morgan fingerprint density at radius 2 is 1.90 bits per heavy atom. The highest BCUT2D eigenvalue weighted by Crippen LogP contribution is 2.38. The molecule has 2 aromatic heterocycles. The van der Waals surface area contributed by atoms with E-state index >= 15 is 8.78 Å². The standard InChI is InChI=1S/C29H31F3N4O3/c1-16-9-17(11-18(33)10-16)21-6-7-34-14-26(21)36-29(37)25-5-4-22(30)28(35-25)27-23(31)12-20(13-24(27)32)39-19-3-2-8-38-15-19/h4-7,12-14,16-19H,2-3,8-11,15,33H2,1H3,(H,36,37)/t16-,17+,18-,19?/m0/s1. The number of anilines is 1. The van der Waals surface area contributed by atoms with Gasteiger partial charge in [-0.1, -0.05) is 6.92 Å². The van der Waals surface area contributed by atoms with E-state index in [-0.39, 0.29) is 29.5 Å². The zero-order valence-corrected chi connectivity index (χ0v) is 21.6. The molecular weight excluding hydrogens is 509 g/mol. The van der Waals surface area contributed by atoms with Crippen LogP contribution >= 0.6 is 0 Å². The zero-order valence-electron chi connectivity index (χ0n) is 21.6. The Morgan fingerprint density at radius 1 is 1.10 bits per heavy atom. The van der Waals surface area contributed by atoms with Crippen LogP contribution in [-0.4, -0.2) is 41.2 Å². The fraction of sp³-hybridized carbons (Fsp3) is 0.414. The van der Waals surface area contributed by atoms with Gasteiger partial charge in [-0.15, -0.1) is 0 Å². The molecule has 3 aromatic rings. The van der Waals surface area contributed by atoms with Crippen LogP contribution in [0.4, 0.5) is 18.9 Å². The van der Waals surface area contributed by atoms with Crippen LogP contribution in [0.5, 0.6) is 5.75 Å². The van der Waals surface area contributed by atoms with E-state index in [1.807, 2.05) is 6.07 Å². The Bertz CT molecular complexity index is 1320. The van der Waals surface area contributed by atoms with E-state index in [4.69, 9.17) is 15.2 Å². The largest absolute Gasteiger partial charge is 0.488 e. The predicted molar refractivity (Wildman–Crippen MR) is 140 cm³/mol. The molecule has 1 saturated heterocycles. The molecular formula is C29H31F3N4O3. The Kier molecular flexibility index (Phi) is 8.13. The van der Waals surface area contributed by atoms with Gasteiger partial charge in [-0.3, -0.25) is 9.78 Å². The lowest BCUT2D eigenvalue weighted by Gasteiger charge is -2.32. The first-order chi connectivity index (χ1) is 18.8. The Labute approximate surface area is 224 Å². The number of rotatable bonds is 6. The van der Waals surface area contributed by atoms with Gasteiger partial charge in [0, 0.05) is 31.0 Å². The first kappa shape index (κ1) is 27.1. The number of halogens is 3. The number of aromatic nitrogens is 2. The maximum absolute atomic E-state index is 15.1. The second kappa shape index (κ2) is 11.7. The molecule has 1 aliphatic heterocycles. The van der Waals surface area contributed by atoms with Crippen molar-refractivity contribution in [1.29, 1.82) is 0 Å². The van der Waals surface area contributed by atoms with Crippen molar-refractivity contribution in [3.05, 3.63) is 71.4 Å². The topological polar surface area (TPSA) is 99.4 Å². The van der Waals surface area contributed by atoms with Crippen LogP contribution in [0.15, 0.2) is 42.7 Å². The fourth-order valence-corrected chi connectivity index (χ4v) is 5.55. The van der Waals surface area contributed by atoms with Gasteiger partial charge < -0.3 is 20.5 Å². The molecule has 39 heavy (non-hydrogen) atoms. The third-order valence-corrected chi connectivity index (χ3v) is 7.27. The van der Waals surface area contributed by atoms with Crippen molar-refractivity contribution in [3.8, 4) is 17.0 Å². The van der Waals surface area contributed by atoms with E-state index in [9.17, 15) is 9.18 Å². The third kappa shape index (κ3) is 6.23. The maximum atomic E-state index is 15.1. The molecule has 2 fully saturated rings. The summed E-state index contributed by atoms with van der Waals surface area (Å²) < 4.78 is 55.9. The highest BCUT2D eigenvalue weighted by atomic mass is 19.1. The van der Waals surface area contributed by atoms with Crippen molar-refractivity contribution in [1.82, 2.24) is 9.97 Å². The minimum atomic E-state index is -1.05. The second-order valence-electron chi connectivity index (χ2n) is 10.4. The minimum Gasteiger partial charge on any atom is -0.488 e. The van der Waals surface area contributed by atoms with E-state index in [0.717, 1.165) is 49.4 Å². The third-order valence-electron chi connectivity index (χ3n) is 7.27. The van der Waals surface area contributed by atoms with Gasteiger partial charge in [-0.25, -0.2) is 18.2 Å². The van der Waals surface area contributed by atoms with Gasteiger partial charge in [0.2, 0.25) is 0 Å². The molecule has 3 heterocycles. The first-order valence-corrected chi connectivity index (χ1v) is 13.2. The second-order valence-corrected chi connectivity index (χ2v) is 10.4. The summed E-state index contributed by atoms with van der Waals surface area (Å²) in [6.45, 7) is 3.09. The minimum absolute atomic E-state index is 0.0283. The summed E-state index contributed by atoms with van der Waals surface area (Å²) in [6, 6.07) is 6.01. The maximum Gasteiger partial charge on any atom is 0.274 e. The van der Waals surface area contributed by atoms with Gasteiger partial charge >= 0.3 is 0 Å². The van der Waals surface area contributed by atoms with Crippen LogP contribution in [0.1, 0.15) is 61.0 Å². The summed E-state index contributed by atoms with van der Waals surface area (Å²) in [7, 11) is 0. The molecule has 206 valence electrons. The number of carbonyl (C=O) groups is 1. The van der Waals surface area contributed by atoms with Crippen LogP contribution in [0.25, 0.3) is 11.3 Å². The molecule has 1 amide bonds. The molecule has 1 unspecified atom stereocenters. The smallest absolute Gasteiger partial charge is 0.274 e. The molecule has 1 aromatic carbocycles. The van der Waals surface area contributed by atoms with Crippen LogP contribution in [0, 0.1) is 23.4 Å². The van der Waals surface area contributed by atoms with Gasteiger partial charge in [0.25, 0.3) is 5.91 Å². The summed E-state index contributed by atoms with van der Waals surface area (Å²) in [5.41, 5.74) is 6.15. The summed E-state index contributed by atoms with van der Waals surface area (Å²) >= 11 is 0. The number of ether oxygens (including phenoxy) is 2. The number of hydrogen-bond acceptors (Lipinski definition) is 6. The summed E-state index contributed by atoms with van der Waals surface area (Å²) in [5.74, 6) is -3.18. The lowest BCUT2D eigenvalue weighted by atomic mass is 9.76. The Balaban J connectivity index is 1.38. The Hall–Kier alpha value is -3.50. The number of hydrogen-bond donors (Lipinski definition) is 2. The van der Waals surface area contributed by atoms with Crippen LogP contribution in [0.2, 0.25) is 0 Å². The Morgan fingerprint density at radius 3 is 2.62 bits per heavy atom. The van der Waals surface area contributed by atoms with Gasteiger partial charge in [-0.2, -0.15) is 0 Å². The van der Waals surface area contributed by atoms with Gasteiger partial charge in [0.15, 0.2) is 0 Å². The number of nitrogens with two attached hydrogens (primary N) is 1. The van der Waals surface area contributed by atoms with E-state index in [0.29, 0.717) is 31.2 Å². The van der Waals surface area contributed by atoms with E-state index in [1.165, 1.54) is 12.3 Å². The number of nitrogens with one attached hydrogen (secondary N) is 1. The molecule has 10 heteroatoms. The number of nitrogens with zero attached hydrogens (tertiary/aromatic N) is 2. The quantitative estimate of drug-likeness (QED) is 0.422. The molecule has 0 bridgehead atoms. The molecule has 5 rings (SSSR count). The highest BCUT2D eigenvalue weighted by molar-refractivity contribution is 6.03. The van der Waals surface area contributed by atoms with E-state index in [1.54, 1.807) is 6.20 Å². The van der Waals surface area contributed by atoms with Crippen molar-refractivity contribution in [2.24, 2.45) is 11.7 Å². The first-order valence-electron chi connectivity index (χ1n) is 13.2. The molecule has 7 nitrogen and oxygen atoms in total. The van der Waals surface area contributed by atoms with Crippen molar-refractivity contribution in [2.75, 3.05) is 18.5 Å². The lowest BCUT2D eigenvalue weighted by Crippen LogP contribution is -2.31. The zero-order chi connectivity index (χ0) is 27.5. The van der Waals surface area contributed by atoms with Crippen molar-refractivity contribution in [3.63, 3.8) is 0 Å². The van der Waals surface area contributed by atoms with E-state index in [2.05, 4.69) is 22.2 Å². The van der Waals surface area contributed by atoms with Crippen LogP contribution < -0.4 is 15.8 Å². The van der Waals surface area contributed by atoms with Gasteiger partial charge in [0.05, 0.1) is 24.1 Å². The monoisotopic (exact) mass is 540 g/mol. The lowest BCUT2D eigenvalue weighted by molar-refractivity contribution is 0.00720. The number of pyridine rings is 2. The number of amides is 1. The average Bonchev–Trinajstić information content (AvgIpc) is 2.89. The normalized spacial score (nSPS) is 23.3. The van der Waals surface area contributed by atoms with E-state index < -0.39 is 34.6 Å². The molecule has 2 aliphatic rings. The molecule has 1 saturated carbocycles. The van der Waals surface area contributed by atoms with Crippen LogP contribution in [-0.2, 0) is 4.74 Å². The average molecular weight is 541 g/mol.